The monoisotopic (exact) mass is 344 g/mol. The number of nitrogens with one attached hydrogen (secondary N) is 2. The third-order valence-electron chi connectivity index (χ3n) is 3.58. The molecule has 2 rings (SSSR count). The average Bonchev–Trinajstić information content (AvgIpc) is 2.54. The van der Waals surface area contributed by atoms with Gasteiger partial charge < -0.3 is 35.3 Å². The van der Waals surface area contributed by atoms with E-state index in [1.165, 1.54) is 31.2 Å². The van der Waals surface area contributed by atoms with Crippen molar-refractivity contribution in [3.63, 3.8) is 0 Å². The Balaban J connectivity index is 2.22. The lowest BCUT2D eigenvalue weighted by molar-refractivity contribution is -0.991. The predicted octanol–water partition coefficient (Wildman–Crippen LogP) is -2.59. The molecule has 10 heteroatoms. The molecule has 0 radical (unpaired) electrons. The Labute approximate surface area is 137 Å². The van der Waals surface area contributed by atoms with Gasteiger partial charge in [0.2, 0.25) is 12.2 Å². The van der Waals surface area contributed by atoms with Crippen LogP contribution >= 0.6 is 0 Å². The Kier molecular flexibility index (Phi) is 6.07. The van der Waals surface area contributed by atoms with E-state index < -0.39 is 48.4 Å². The van der Waals surface area contributed by atoms with Crippen LogP contribution in [0.25, 0.3) is 0 Å². The van der Waals surface area contributed by atoms with Crippen molar-refractivity contribution >= 4 is 11.6 Å². The maximum absolute atomic E-state index is 11.3. The molecule has 1 heterocycles. The van der Waals surface area contributed by atoms with Crippen molar-refractivity contribution in [1.82, 2.24) is 5.32 Å². The zero-order chi connectivity index (χ0) is 17.9. The third-order valence-corrected chi connectivity index (χ3v) is 3.58. The lowest BCUT2D eigenvalue weighted by Gasteiger charge is -2.42. The Morgan fingerprint density at radius 2 is 2.12 bits per heavy atom. The van der Waals surface area contributed by atoms with Gasteiger partial charge in [0, 0.05) is 19.1 Å². The summed E-state index contributed by atoms with van der Waals surface area (Å²) < 4.78 is 10.9. The highest BCUT2D eigenvalue weighted by Gasteiger charge is 2.46. The van der Waals surface area contributed by atoms with Gasteiger partial charge in [-0.15, -0.1) is 0 Å². The van der Waals surface area contributed by atoms with Crippen molar-refractivity contribution in [2.75, 3.05) is 6.61 Å². The Hall–Kier alpha value is -1.79. The molecule has 24 heavy (non-hydrogen) atoms. The van der Waals surface area contributed by atoms with Gasteiger partial charge in [0.25, 0.3) is 0 Å². The van der Waals surface area contributed by atoms with Gasteiger partial charge in [0.1, 0.15) is 30.1 Å². The molecule has 1 aliphatic rings. The summed E-state index contributed by atoms with van der Waals surface area (Å²) in [5, 5.41) is 50.5. The van der Waals surface area contributed by atoms with Gasteiger partial charge in [-0.2, -0.15) is 5.23 Å². The minimum absolute atomic E-state index is 0.0151. The fourth-order valence-corrected chi connectivity index (χ4v) is 2.41. The SMILES string of the molecule is CC(=O)N[C@H]1[C@H](Oc2cccc([NH+]([O-])O)c2)O[C@H](CO)[C@@H](O)[C@@H]1O. The molecule has 0 saturated carbocycles. The van der Waals surface area contributed by atoms with E-state index in [1.54, 1.807) is 0 Å². The minimum Gasteiger partial charge on any atom is -0.595 e. The van der Waals surface area contributed by atoms with E-state index in [2.05, 4.69) is 5.32 Å². The number of rotatable bonds is 5. The molecule has 134 valence electrons. The molecule has 6 N–H and O–H groups in total. The Morgan fingerprint density at radius 3 is 2.71 bits per heavy atom. The highest BCUT2D eigenvalue weighted by Crippen LogP contribution is 2.25. The molecule has 0 bridgehead atoms. The first-order valence-corrected chi connectivity index (χ1v) is 7.23. The molecule has 0 spiro atoms. The molecule has 1 aromatic rings. The van der Waals surface area contributed by atoms with Crippen LogP contribution < -0.4 is 15.3 Å². The molecule has 10 nitrogen and oxygen atoms in total. The molecule has 1 aromatic carbocycles. The van der Waals surface area contributed by atoms with Gasteiger partial charge in [0.15, 0.2) is 5.69 Å². The molecule has 1 saturated heterocycles. The first kappa shape index (κ1) is 18.5. The van der Waals surface area contributed by atoms with Crippen LogP contribution in [0.3, 0.4) is 0 Å². The zero-order valence-electron chi connectivity index (χ0n) is 12.8. The first-order valence-electron chi connectivity index (χ1n) is 7.23. The van der Waals surface area contributed by atoms with E-state index in [4.69, 9.17) is 14.7 Å². The maximum atomic E-state index is 11.3. The second-order valence-corrected chi connectivity index (χ2v) is 5.38. The van der Waals surface area contributed by atoms with E-state index in [0.717, 1.165) is 0 Å². The van der Waals surface area contributed by atoms with Crippen LogP contribution in [-0.2, 0) is 9.53 Å². The standard InChI is InChI=1S/C14H20N2O8/c1-7(18)15-11-13(20)12(19)10(6-17)24-14(11)23-9-4-2-3-8(5-9)16(21)22/h2-5,10-14,16-17,19-21H,6H2,1H3,(H,15,18)/t10-,11-,12-,13-,14-/m1/s1. The smallest absolute Gasteiger partial charge is 0.223 e. The van der Waals surface area contributed by atoms with Gasteiger partial charge >= 0.3 is 0 Å². The highest BCUT2D eigenvalue weighted by atomic mass is 16.8. The first-order chi connectivity index (χ1) is 11.3. The van der Waals surface area contributed by atoms with E-state index >= 15 is 0 Å². The van der Waals surface area contributed by atoms with Gasteiger partial charge in [-0.3, -0.25) is 4.79 Å². The number of hydrogen-bond donors (Lipinski definition) is 6. The normalized spacial score (nSPS) is 31.3. The summed E-state index contributed by atoms with van der Waals surface area (Å²) in [4.78, 5) is 11.3. The highest BCUT2D eigenvalue weighted by molar-refractivity contribution is 5.73. The number of aliphatic hydroxyl groups excluding tert-OH is 3. The van der Waals surface area contributed by atoms with Gasteiger partial charge in [-0.25, -0.2) is 5.21 Å². The van der Waals surface area contributed by atoms with Crippen molar-refractivity contribution < 1.29 is 40.0 Å². The molecule has 1 fully saturated rings. The predicted molar refractivity (Wildman–Crippen MR) is 78.2 cm³/mol. The van der Waals surface area contributed by atoms with Crippen LogP contribution in [0.5, 0.6) is 5.75 Å². The Morgan fingerprint density at radius 1 is 1.42 bits per heavy atom. The molecule has 0 aliphatic carbocycles. The summed E-state index contributed by atoms with van der Waals surface area (Å²) in [7, 11) is 0. The van der Waals surface area contributed by atoms with Crippen LogP contribution in [0.4, 0.5) is 5.69 Å². The number of amides is 1. The van der Waals surface area contributed by atoms with E-state index in [0.29, 0.717) is 0 Å². The van der Waals surface area contributed by atoms with Crippen LogP contribution in [0.2, 0.25) is 0 Å². The van der Waals surface area contributed by atoms with Gasteiger partial charge in [-0.05, 0) is 6.07 Å². The third kappa shape index (κ3) is 4.19. The number of ether oxygens (including phenoxy) is 2. The van der Waals surface area contributed by atoms with Crippen LogP contribution in [-0.4, -0.2) is 63.7 Å². The van der Waals surface area contributed by atoms with Crippen molar-refractivity contribution in [2.45, 2.75) is 37.6 Å². The largest absolute Gasteiger partial charge is 0.595 e. The maximum Gasteiger partial charge on any atom is 0.223 e. The van der Waals surface area contributed by atoms with Crippen LogP contribution in [0.1, 0.15) is 6.92 Å². The van der Waals surface area contributed by atoms with E-state index in [-0.39, 0.29) is 11.4 Å². The summed E-state index contributed by atoms with van der Waals surface area (Å²) in [6.45, 7) is 0.652. The number of carbonyl (C=O) groups excluding carboxylic acids is 1. The van der Waals surface area contributed by atoms with E-state index in [9.17, 15) is 25.3 Å². The fourth-order valence-electron chi connectivity index (χ4n) is 2.41. The fraction of sp³-hybridized carbons (Fsp3) is 0.500. The summed E-state index contributed by atoms with van der Waals surface area (Å²) in [5.74, 6) is -0.347. The lowest BCUT2D eigenvalue weighted by Crippen LogP contribution is -2.99. The summed E-state index contributed by atoms with van der Waals surface area (Å²) in [6, 6.07) is 4.46. The van der Waals surface area contributed by atoms with Crippen LogP contribution in [0, 0.1) is 5.21 Å². The lowest BCUT2D eigenvalue weighted by atomic mass is 9.97. The van der Waals surface area contributed by atoms with Crippen LogP contribution in [0.15, 0.2) is 24.3 Å². The number of hydrogen-bond acceptors (Lipinski definition) is 8. The van der Waals surface area contributed by atoms with Gasteiger partial charge in [0.05, 0.1) is 6.61 Å². The zero-order valence-corrected chi connectivity index (χ0v) is 12.8. The number of benzene rings is 1. The topological polar surface area (TPSA) is 156 Å². The summed E-state index contributed by atoms with van der Waals surface area (Å²) >= 11 is 0. The molecular weight excluding hydrogens is 324 g/mol. The number of quaternary nitrogens is 1. The number of carbonyl (C=O) groups is 1. The molecule has 6 atom stereocenters. The second-order valence-electron chi connectivity index (χ2n) is 5.38. The minimum atomic E-state index is -1.44. The molecular formula is C14H20N2O8. The summed E-state index contributed by atoms with van der Waals surface area (Å²) in [5.41, 5.74) is -0.0151. The molecule has 1 unspecified atom stereocenters. The average molecular weight is 344 g/mol. The van der Waals surface area contributed by atoms with Gasteiger partial charge in [-0.1, -0.05) is 6.07 Å². The Bertz CT molecular complexity index is 569. The molecule has 1 amide bonds. The van der Waals surface area contributed by atoms with Crippen molar-refractivity contribution in [1.29, 1.82) is 0 Å². The van der Waals surface area contributed by atoms with Crippen molar-refractivity contribution in [3.05, 3.63) is 29.5 Å². The molecule has 0 aromatic heterocycles. The van der Waals surface area contributed by atoms with Crippen molar-refractivity contribution in [2.24, 2.45) is 0 Å². The quantitative estimate of drug-likeness (QED) is 0.318. The molecule has 1 aliphatic heterocycles. The summed E-state index contributed by atoms with van der Waals surface area (Å²) in [6.07, 6.45) is -5.20. The van der Waals surface area contributed by atoms with E-state index in [1.807, 2.05) is 0 Å². The number of aliphatic hydroxyl groups is 3. The second kappa shape index (κ2) is 7.85. The van der Waals surface area contributed by atoms with Crippen molar-refractivity contribution in [3.8, 4) is 5.75 Å².